The number of hydrogen-bond acceptors (Lipinski definition) is 5. The van der Waals surface area contributed by atoms with Crippen molar-refractivity contribution in [3.8, 4) is 11.9 Å². The van der Waals surface area contributed by atoms with Gasteiger partial charge in [0.1, 0.15) is 11.6 Å². The molecule has 0 radical (unpaired) electrons. The normalized spacial score (nSPS) is 10.8. The summed E-state index contributed by atoms with van der Waals surface area (Å²) in [4.78, 5) is 16.6. The smallest absolute Gasteiger partial charge is 0.267 e. The Balaban J connectivity index is 2.65. The molecular weight excluding hydrogens is 312 g/mol. The molecule has 118 valence electrons. The standard InChI is InChI=1S/C16H16N4O2S/c1-3-19-14(21)12(15(22)20(4-2)16(19)23)10-18-13-8-6-5-7-11(13)9-17/h5-8,10,21H,3-4H2,1-2H3. The number of aliphatic imine (C=N–C) groups is 1. The third kappa shape index (κ3) is 3.07. The molecular formula is C16H16N4O2S. The molecule has 1 aromatic carbocycles. The Kier molecular flexibility index (Phi) is 5.09. The Hall–Kier alpha value is -2.72. The van der Waals surface area contributed by atoms with E-state index >= 15 is 0 Å². The fraction of sp³-hybridized carbons (Fsp3) is 0.250. The minimum atomic E-state index is -0.405. The second-order valence-electron chi connectivity index (χ2n) is 4.70. The van der Waals surface area contributed by atoms with Crippen LogP contribution in [0.25, 0.3) is 0 Å². The van der Waals surface area contributed by atoms with E-state index in [2.05, 4.69) is 4.99 Å². The van der Waals surface area contributed by atoms with Gasteiger partial charge in [-0.1, -0.05) is 12.1 Å². The van der Waals surface area contributed by atoms with Crippen LogP contribution in [0.4, 0.5) is 5.69 Å². The molecule has 0 spiro atoms. The quantitative estimate of drug-likeness (QED) is 0.691. The van der Waals surface area contributed by atoms with Gasteiger partial charge in [0.25, 0.3) is 5.56 Å². The highest BCUT2D eigenvalue weighted by Gasteiger charge is 2.14. The molecule has 23 heavy (non-hydrogen) atoms. The Morgan fingerprint density at radius 1 is 1.30 bits per heavy atom. The van der Waals surface area contributed by atoms with E-state index in [-0.39, 0.29) is 16.2 Å². The van der Waals surface area contributed by atoms with E-state index in [4.69, 9.17) is 17.5 Å². The SMILES string of the molecule is CCn1c(O)c(C=Nc2ccccc2C#N)c(=O)n(CC)c1=S. The van der Waals surface area contributed by atoms with Crippen LogP contribution in [0.2, 0.25) is 0 Å². The molecule has 6 nitrogen and oxygen atoms in total. The zero-order valence-corrected chi connectivity index (χ0v) is 13.7. The molecule has 1 N–H and O–H groups in total. The number of aromatic hydroxyl groups is 1. The summed E-state index contributed by atoms with van der Waals surface area (Å²) in [6, 6.07) is 8.81. The highest BCUT2D eigenvalue weighted by Crippen LogP contribution is 2.19. The molecule has 0 unspecified atom stereocenters. The van der Waals surface area contributed by atoms with E-state index in [9.17, 15) is 9.90 Å². The monoisotopic (exact) mass is 328 g/mol. The zero-order chi connectivity index (χ0) is 17.0. The molecule has 0 bridgehead atoms. The Bertz CT molecular complexity index is 919. The van der Waals surface area contributed by atoms with Gasteiger partial charge in [0, 0.05) is 19.3 Å². The van der Waals surface area contributed by atoms with Crippen LogP contribution < -0.4 is 5.56 Å². The van der Waals surface area contributed by atoms with Crippen LogP contribution >= 0.6 is 12.2 Å². The van der Waals surface area contributed by atoms with Gasteiger partial charge < -0.3 is 5.11 Å². The van der Waals surface area contributed by atoms with Crippen molar-refractivity contribution in [2.75, 3.05) is 0 Å². The number of hydrogen-bond donors (Lipinski definition) is 1. The van der Waals surface area contributed by atoms with E-state index < -0.39 is 5.56 Å². The summed E-state index contributed by atoms with van der Waals surface area (Å²) in [5.74, 6) is -0.217. The summed E-state index contributed by atoms with van der Waals surface area (Å²) in [5.41, 5.74) is 0.470. The van der Waals surface area contributed by atoms with Crippen LogP contribution in [0.3, 0.4) is 0 Å². The Morgan fingerprint density at radius 3 is 2.57 bits per heavy atom. The summed E-state index contributed by atoms with van der Waals surface area (Å²) < 4.78 is 3.14. The van der Waals surface area contributed by atoms with Crippen LogP contribution in [0.15, 0.2) is 34.1 Å². The maximum absolute atomic E-state index is 12.5. The van der Waals surface area contributed by atoms with Crippen LogP contribution in [0.5, 0.6) is 5.88 Å². The minimum Gasteiger partial charge on any atom is -0.494 e. The molecule has 0 aliphatic heterocycles. The summed E-state index contributed by atoms with van der Waals surface area (Å²) in [6.45, 7) is 4.46. The van der Waals surface area contributed by atoms with E-state index in [0.29, 0.717) is 24.3 Å². The van der Waals surface area contributed by atoms with Crippen molar-refractivity contribution in [3.63, 3.8) is 0 Å². The molecule has 0 amide bonds. The lowest BCUT2D eigenvalue weighted by Gasteiger charge is -2.13. The van der Waals surface area contributed by atoms with Crippen LogP contribution in [0, 0.1) is 16.1 Å². The summed E-state index contributed by atoms with van der Waals surface area (Å²) in [7, 11) is 0. The lowest BCUT2D eigenvalue weighted by Crippen LogP contribution is -2.27. The molecule has 7 heteroatoms. The van der Waals surface area contributed by atoms with E-state index in [0.717, 1.165) is 0 Å². The van der Waals surface area contributed by atoms with Crippen LogP contribution in [0.1, 0.15) is 25.0 Å². The second kappa shape index (κ2) is 7.03. The predicted molar refractivity (Wildman–Crippen MR) is 90.9 cm³/mol. The average Bonchev–Trinajstić information content (AvgIpc) is 2.56. The fourth-order valence-corrected chi connectivity index (χ4v) is 2.63. The average molecular weight is 328 g/mol. The van der Waals surface area contributed by atoms with E-state index in [1.54, 1.807) is 31.2 Å². The first-order valence-corrected chi connectivity index (χ1v) is 7.55. The van der Waals surface area contributed by atoms with Gasteiger partial charge in [0.2, 0.25) is 5.88 Å². The van der Waals surface area contributed by atoms with Gasteiger partial charge in [-0.15, -0.1) is 0 Å². The lowest BCUT2D eigenvalue weighted by molar-refractivity contribution is 0.399. The number of nitrogens with zero attached hydrogens (tertiary/aromatic N) is 4. The van der Waals surface area contributed by atoms with Crippen molar-refractivity contribution >= 4 is 24.1 Å². The minimum absolute atomic E-state index is 0.0510. The maximum Gasteiger partial charge on any atom is 0.267 e. The molecule has 0 saturated carbocycles. The molecule has 0 atom stereocenters. The predicted octanol–water partition coefficient (Wildman–Crippen LogP) is 2.75. The maximum atomic E-state index is 12.5. The molecule has 0 saturated heterocycles. The molecule has 2 aromatic rings. The number of nitriles is 1. The first kappa shape index (κ1) is 16.6. The molecule has 0 aliphatic rings. The third-order valence-corrected chi connectivity index (χ3v) is 3.86. The highest BCUT2D eigenvalue weighted by atomic mass is 32.1. The van der Waals surface area contributed by atoms with Gasteiger partial charge >= 0.3 is 0 Å². The van der Waals surface area contributed by atoms with Crippen molar-refractivity contribution in [1.82, 2.24) is 9.13 Å². The Morgan fingerprint density at radius 2 is 1.96 bits per heavy atom. The molecule has 1 aromatic heterocycles. The van der Waals surface area contributed by atoms with Gasteiger partial charge in [-0.2, -0.15) is 5.26 Å². The largest absolute Gasteiger partial charge is 0.494 e. The summed E-state index contributed by atoms with van der Waals surface area (Å²) in [6.07, 6.45) is 1.28. The summed E-state index contributed by atoms with van der Waals surface area (Å²) >= 11 is 5.22. The fourth-order valence-electron chi connectivity index (χ4n) is 2.20. The Labute approximate surface area is 138 Å². The first-order chi connectivity index (χ1) is 11.0. The van der Waals surface area contributed by atoms with Gasteiger partial charge in [-0.25, -0.2) is 0 Å². The third-order valence-electron chi connectivity index (χ3n) is 3.42. The van der Waals surface area contributed by atoms with Crippen molar-refractivity contribution in [2.24, 2.45) is 4.99 Å². The van der Waals surface area contributed by atoms with Crippen LogP contribution in [-0.2, 0) is 13.1 Å². The van der Waals surface area contributed by atoms with Gasteiger partial charge in [0.05, 0.1) is 11.3 Å². The number of benzene rings is 1. The molecule has 2 rings (SSSR count). The van der Waals surface area contributed by atoms with Gasteiger partial charge in [0.15, 0.2) is 4.77 Å². The molecule has 0 aliphatic carbocycles. The summed E-state index contributed by atoms with van der Waals surface area (Å²) in [5, 5.41) is 19.4. The number of aromatic nitrogens is 2. The van der Waals surface area contributed by atoms with Gasteiger partial charge in [-0.3, -0.25) is 18.9 Å². The van der Waals surface area contributed by atoms with Gasteiger partial charge in [-0.05, 0) is 38.2 Å². The van der Waals surface area contributed by atoms with E-state index in [1.165, 1.54) is 15.3 Å². The highest BCUT2D eigenvalue weighted by molar-refractivity contribution is 7.71. The van der Waals surface area contributed by atoms with Crippen molar-refractivity contribution in [2.45, 2.75) is 26.9 Å². The lowest BCUT2D eigenvalue weighted by atomic mass is 10.2. The topological polar surface area (TPSA) is 83.3 Å². The zero-order valence-electron chi connectivity index (χ0n) is 12.9. The van der Waals surface area contributed by atoms with Crippen molar-refractivity contribution < 1.29 is 5.11 Å². The number of para-hydroxylation sites is 1. The van der Waals surface area contributed by atoms with Crippen LogP contribution in [-0.4, -0.2) is 20.5 Å². The number of rotatable bonds is 4. The van der Waals surface area contributed by atoms with Crippen molar-refractivity contribution in [3.05, 3.63) is 50.5 Å². The first-order valence-electron chi connectivity index (χ1n) is 7.14. The molecule has 0 fully saturated rings. The second-order valence-corrected chi connectivity index (χ2v) is 5.07. The van der Waals surface area contributed by atoms with E-state index in [1.807, 2.05) is 13.0 Å². The molecule has 1 heterocycles. The van der Waals surface area contributed by atoms with Crippen molar-refractivity contribution in [1.29, 1.82) is 5.26 Å².